The molecule has 1 heteroatoms. The van der Waals surface area contributed by atoms with Crippen LogP contribution in [-0.2, 0) is 0 Å². The molecular weight excluding hydrogens is 218 g/mol. The molecule has 2 rings (SSSR count). The van der Waals surface area contributed by atoms with Gasteiger partial charge in [-0.1, -0.05) is 55.5 Å². The Kier molecular flexibility index (Phi) is 4.16. The van der Waals surface area contributed by atoms with E-state index in [4.69, 9.17) is 0 Å². The Hall–Kier alpha value is -1.60. The van der Waals surface area contributed by atoms with Gasteiger partial charge < -0.3 is 5.32 Å². The van der Waals surface area contributed by atoms with Crippen LogP contribution in [-0.4, -0.2) is 7.05 Å². The first-order chi connectivity index (χ1) is 8.74. The minimum Gasteiger partial charge on any atom is -0.313 e. The summed E-state index contributed by atoms with van der Waals surface area (Å²) in [4.78, 5) is 0. The molecule has 0 fully saturated rings. The van der Waals surface area contributed by atoms with Crippen LogP contribution in [0.1, 0.15) is 31.4 Å². The van der Waals surface area contributed by atoms with Crippen LogP contribution in [0.3, 0.4) is 0 Å². The summed E-state index contributed by atoms with van der Waals surface area (Å²) in [5.74, 6) is 0. The Labute approximate surface area is 110 Å². The second-order valence-electron chi connectivity index (χ2n) is 4.76. The van der Waals surface area contributed by atoms with E-state index in [2.05, 4.69) is 61.3 Å². The van der Waals surface area contributed by atoms with E-state index in [0.717, 1.165) is 12.8 Å². The van der Waals surface area contributed by atoms with Gasteiger partial charge in [-0.2, -0.15) is 0 Å². The Balaban J connectivity index is 2.30. The highest BCUT2D eigenvalue weighted by molar-refractivity contribution is 5.83. The first kappa shape index (κ1) is 12.8. The summed E-state index contributed by atoms with van der Waals surface area (Å²) in [6, 6.07) is 15.5. The van der Waals surface area contributed by atoms with Gasteiger partial charge in [-0.25, -0.2) is 0 Å². The fourth-order valence-corrected chi connectivity index (χ4v) is 2.24. The topological polar surface area (TPSA) is 12.0 Å². The largest absolute Gasteiger partial charge is 0.313 e. The zero-order chi connectivity index (χ0) is 13.0. The first-order valence-corrected chi connectivity index (χ1v) is 6.57. The third kappa shape index (κ3) is 2.80. The lowest BCUT2D eigenvalue weighted by molar-refractivity contribution is 0.583. The van der Waals surface area contributed by atoms with Crippen molar-refractivity contribution in [1.82, 2.24) is 5.32 Å². The molecule has 18 heavy (non-hydrogen) atoms. The van der Waals surface area contributed by atoms with Gasteiger partial charge in [0.1, 0.15) is 0 Å². The summed E-state index contributed by atoms with van der Waals surface area (Å²) in [5, 5.41) is 5.99. The average Bonchev–Trinajstić information content (AvgIpc) is 2.44. The molecule has 1 nitrogen and oxygen atoms in total. The van der Waals surface area contributed by atoms with Crippen LogP contribution in [0.2, 0.25) is 0 Å². The minimum atomic E-state index is 0.363. The Bertz CT molecular complexity index is 542. The van der Waals surface area contributed by atoms with Crippen molar-refractivity contribution in [3.63, 3.8) is 0 Å². The molecule has 0 aliphatic rings. The van der Waals surface area contributed by atoms with E-state index in [1.807, 2.05) is 7.05 Å². The van der Waals surface area contributed by atoms with Crippen LogP contribution in [0.15, 0.2) is 54.6 Å². The molecule has 0 aromatic heterocycles. The molecule has 0 aliphatic carbocycles. The average molecular weight is 239 g/mol. The van der Waals surface area contributed by atoms with Crippen LogP contribution >= 0.6 is 0 Å². The molecule has 1 unspecified atom stereocenters. The molecule has 0 aliphatic heterocycles. The molecule has 1 atom stereocenters. The van der Waals surface area contributed by atoms with Crippen molar-refractivity contribution in [2.24, 2.45) is 0 Å². The van der Waals surface area contributed by atoms with Gasteiger partial charge >= 0.3 is 0 Å². The monoisotopic (exact) mass is 239 g/mol. The summed E-state index contributed by atoms with van der Waals surface area (Å²) >= 11 is 0. The molecule has 2 aromatic carbocycles. The third-order valence-electron chi connectivity index (χ3n) is 3.52. The molecule has 94 valence electrons. The Morgan fingerprint density at radius 2 is 1.89 bits per heavy atom. The lowest BCUT2D eigenvalue weighted by Gasteiger charge is -2.18. The molecule has 2 aromatic rings. The molecular formula is C17H21N. The van der Waals surface area contributed by atoms with Gasteiger partial charge in [0.15, 0.2) is 0 Å². The highest BCUT2D eigenvalue weighted by atomic mass is 14.9. The van der Waals surface area contributed by atoms with E-state index >= 15 is 0 Å². The lowest BCUT2D eigenvalue weighted by atomic mass is 9.96. The molecule has 0 spiro atoms. The maximum atomic E-state index is 4.11. The SMILES string of the molecule is C=C(CC)CC(NC)c1ccc2ccccc2c1. The highest BCUT2D eigenvalue weighted by Gasteiger charge is 2.10. The number of nitrogens with one attached hydrogen (secondary N) is 1. The van der Waals surface area contributed by atoms with Gasteiger partial charge in [0.2, 0.25) is 0 Å². The van der Waals surface area contributed by atoms with E-state index < -0.39 is 0 Å². The summed E-state index contributed by atoms with van der Waals surface area (Å²) in [7, 11) is 2.02. The van der Waals surface area contributed by atoms with Gasteiger partial charge in [0, 0.05) is 6.04 Å². The molecule has 0 saturated heterocycles. The normalized spacial score (nSPS) is 12.6. The molecule has 0 saturated carbocycles. The standard InChI is InChI=1S/C17H21N/c1-4-13(2)11-17(18-3)16-10-9-14-7-5-6-8-15(14)12-16/h5-10,12,17-18H,2,4,11H2,1,3H3. The van der Waals surface area contributed by atoms with Gasteiger partial charge in [-0.05, 0) is 42.3 Å². The molecule has 0 amide bonds. The fourth-order valence-electron chi connectivity index (χ4n) is 2.24. The minimum absolute atomic E-state index is 0.363. The summed E-state index contributed by atoms with van der Waals surface area (Å²) in [6.07, 6.45) is 2.05. The van der Waals surface area contributed by atoms with Gasteiger partial charge in [0.25, 0.3) is 0 Å². The lowest BCUT2D eigenvalue weighted by Crippen LogP contribution is -2.16. The number of rotatable bonds is 5. The van der Waals surface area contributed by atoms with Crippen LogP contribution < -0.4 is 5.32 Å². The van der Waals surface area contributed by atoms with Gasteiger partial charge in [-0.15, -0.1) is 0 Å². The van der Waals surface area contributed by atoms with E-state index in [0.29, 0.717) is 6.04 Å². The quantitative estimate of drug-likeness (QED) is 0.760. The van der Waals surface area contributed by atoms with Crippen molar-refractivity contribution in [1.29, 1.82) is 0 Å². The number of hydrogen-bond donors (Lipinski definition) is 1. The Morgan fingerprint density at radius 3 is 2.56 bits per heavy atom. The molecule has 0 bridgehead atoms. The summed E-state index contributed by atoms with van der Waals surface area (Å²) in [6.45, 7) is 6.27. The van der Waals surface area contributed by atoms with Crippen LogP contribution in [0.25, 0.3) is 10.8 Å². The van der Waals surface area contributed by atoms with Crippen molar-refractivity contribution < 1.29 is 0 Å². The van der Waals surface area contributed by atoms with Gasteiger partial charge in [-0.3, -0.25) is 0 Å². The molecule has 0 radical (unpaired) electrons. The second kappa shape index (κ2) is 5.83. The number of benzene rings is 2. The molecule has 1 N–H and O–H groups in total. The van der Waals surface area contributed by atoms with E-state index in [1.54, 1.807) is 0 Å². The van der Waals surface area contributed by atoms with Crippen molar-refractivity contribution in [2.75, 3.05) is 7.05 Å². The first-order valence-electron chi connectivity index (χ1n) is 6.57. The van der Waals surface area contributed by atoms with Gasteiger partial charge in [0.05, 0.1) is 0 Å². The smallest absolute Gasteiger partial charge is 0.0355 e. The zero-order valence-electron chi connectivity index (χ0n) is 11.2. The van der Waals surface area contributed by atoms with Crippen LogP contribution in [0.4, 0.5) is 0 Å². The van der Waals surface area contributed by atoms with E-state index in [-0.39, 0.29) is 0 Å². The maximum Gasteiger partial charge on any atom is 0.0355 e. The van der Waals surface area contributed by atoms with Crippen LogP contribution in [0, 0.1) is 0 Å². The highest BCUT2D eigenvalue weighted by Crippen LogP contribution is 2.25. The number of hydrogen-bond acceptors (Lipinski definition) is 1. The Morgan fingerprint density at radius 1 is 1.17 bits per heavy atom. The summed E-state index contributed by atoms with van der Waals surface area (Å²) in [5.41, 5.74) is 2.63. The second-order valence-corrected chi connectivity index (χ2v) is 4.76. The zero-order valence-corrected chi connectivity index (χ0v) is 11.2. The predicted molar refractivity (Wildman–Crippen MR) is 79.8 cm³/mol. The van der Waals surface area contributed by atoms with Crippen molar-refractivity contribution in [3.8, 4) is 0 Å². The summed E-state index contributed by atoms with van der Waals surface area (Å²) < 4.78 is 0. The van der Waals surface area contributed by atoms with Crippen LogP contribution in [0.5, 0.6) is 0 Å². The number of fused-ring (bicyclic) bond motifs is 1. The maximum absolute atomic E-state index is 4.11. The van der Waals surface area contributed by atoms with E-state index in [1.165, 1.54) is 21.9 Å². The fraction of sp³-hybridized carbons (Fsp3) is 0.294. The van der Waals surface area contributed by atoms with Crippen molar-refractivity contribution >= 4 is 10.8 Å². The van der Waals surface area contributed by atoms with Crippen molar-refractivity contribution in [3.05, 3.63) is 60.2 Å². The van der Waals surface area contributed by atoms with Crippen molar-refractivity contribution in [2.45, 2.75) is 25.8 Å². The molecule has 0 heterocycles. The third-order valence-corrected chi connectivity index (χ3v) is 3.52. The van der Waals surface area contributed by atoms with E-state index in [9.17, 15) is 0 Å². The predicted octanol–water partition coefficient (Wildman–Crippen LogP) is 4.46.